The number of nitrogen functional groups attached to an aromatic ring is 2. The second-order valence-electron chi connectivity index (χ2n) is 5.22. The van der Waals surface area contributed by atoms with Gasteiger partial charge < -0.3 is 16.2 Å². The highest BCUT2D eigenvalue weighted by Crippen LogP contribution is 2.30. The molecule has 0 saturated carbocycles. The van der Waals surface area contributed by atoms with Gasteiger partial charge in [-0.3, -0.25) is 5.41 Å². The van der Waals surface area contributed by atoms with Crippen molar-refractivity contribution in [2.24, 2.45) is 5.73 Å². The minimum atomic E-state index is -0.208. The minimum Gasteiger partial charge on any atom is -0.488 e. The first kappa shape index (κ1) is 15.5. The number of nitrogens with two attached hydrogens (primary N) is 2. The number of hydrogen-bond acceptors (Lipinski definition) is 5. The number of amidine groups is 1. The highest BCUT2D eigenvalue weighted by molar-refractivity contribution is 5.98. The number of benzene rings is 2. The Labute approximate surface area is 139 Å². The molecule has 5 N–H and O–H groups in total. The quantitative estimate of drug-likeness (QED) is 0.494. The molecule has 3 rings (SSSR count). The van der Waals surface area contributed by atoms with E-state index in [1.165, 1.54) is 0 Å². The van der Waals surface area contributed by atoms with Gasteiger partial charge in [-0.25, -0.2) is 0 Å². The molecule has 1 aromatic heterocycles. The molecule has 120 valence electrons. The molecule has 0 aliphatic rings. The Kier molecular flexibility index (Phi) is 4.38. The van der Waals surface area contributed by atoms with E-state index in [1.54, 1.807) is 6.07 Å². The third-order valence-electron chi connectivity index (χ3n) is 3.48. The van der Waals surface area contributed by atoms with Crippen LogP contribution < -0.4 is 16.2 Å². The fraction of sp³-hybridized carbons (Fsp3) is 0.0556. The van der Waals surface area contributed by atoms with Gasteiger partial charge in [0.05, 0.1) is 11.4 Å². The van der Waals surface area contributed by atoms with E-state index in [-0.39, 0.29) is 11.5 Å². The number of para-hydroxylation sites is 1. The van der Waals surface area contributed by atoms with E-state index in [4.69, 9.17) is 21.6 Å². The predicted octanol–water partition coefficient (Wildman–Crippen LogP) is 2.59. The van der Waals surface area contributed by atoms with Gasteiger partial charge in [-0.15, -0.1) is 10.2 Å². The molecule has 1 heterocycles. The van der Waals surface area contributed by atoms with Gasteiger partial charge in [0.1, 0.15) is 23.9 Å². The summed E-state index contributed by atoms with van der Waals surface area (Å²) in [5, 5.41) is 15.5. The highest BCUT2D eigenvalue weighted by Gasteiger charge is 2.12. The van der Waals surface area contributed by atoms with E-state index in [0.717, 1.165) is 11.1 Å². The third-order valence-corrected chi connectivity index (χ3v) is 3.48. The van der Waals surface area contributed by atoms with Crippen LogP contribution in [0.4, 0.5) is 5.69 Å². The van der Waals surface area contributed by atoms with E-state index >= 15 is 0 Å². The number of anilines is 1. The maximum absolute atomic E-state index is 7.43. The number of ether oxygens (including phenoxy) is 1. The summed E-state index contributed by atoms with van der Waals surface area (Å²) in [5.41, 5.74) is 14.2. The van der Waals surface area contributed by atoms with Crippen LogP contribution in [-0.2, 0) is 6.61 Å². The molecule has 0 saturated heterocycles. The number of rotatable bonds is 5. The smallest absolute Gasteiger partial charge is 0.150 e. The van der Waals surface area contributed by atoms with Gasteiger partial charge in [0.25, 0.3) is 0 Å². The number of aromatic nitrogens is 2. The van der Waals surface area contributed by atoms with Gasteiger partial charge in [-0.1, -0.05) is 42.5 Å². The molecule has 0 atom stereocenters. The second-order valence-corrected chi connectivity index (χ2v) is 5.22. The number of hydrogen-bond donors (Lipinski definition) is 3. The average Bonchev–Trinajstić information content (AvgIpc) is 2.60. The monoisotopic (exact) mass is 319 g/mol. The van der Waals surface area contributed by atoms with E-state index in [0.29, 0.717) is 23.7 Å². The van der Waals surface area contributed by atoms with Crippen LogP contribution in [0.15, 0.2) is 60.7 Å². The predicted molar refractivity (Wildman–Crippen MR) is 93.7 cm³/mol. The van der Waals surface area contributed by atoms with E-state index in [2.05, 4.69) is 10.2 Å². The highest BCUT2D eigenvalue weighted by atomic mass is 16.5. The molecule has 0 aliphatic carbocycles. The van der Waals surface area contributed by atoms with E-state index < -0.39 is 0 Å². The molecule has 0 unspecified atom stereocenters. The van der Waals surface area contributed by atoms with Crippen LogP contribution >= 0.6 is 0 Å². The molecule has 0 aliphatic heterocycles. The lowest BCUT2D eigenvalue weighted by Crippen LogP contribution is -2.16. The summed E-state index contributed by atoms with van der Waals surface area (Å²) in [5.74, 6) is 0.478. The Morgan fingerprint density at radius 3 is 2.42 bits per heavy atom. The summed E-state index contributed by atoms with van der Waals surface area (Å²) in [6.07, 6.45) is 0. The molecule has 2 aromatic carbocycles. The van der Waals surface area contributed by atoms with Crippen molar-refractivity contribution in [2.75, 3.05) is 5.73 Å². The molecular formula is C18H17N5O. The Bertz CT molecular complexity index is 864. The van der Waals surface area contributed by atoms with Crippen molar-refractivity contribution in [3.05, 3.63) is 71.9 Å². The maximum atomic E-state index is 7.43. The summed E-state index contributed by atoms with van der Waals surface area (Å²) in [6, 6.07) is 19.1. The zero-order valence-corrected chi connectivity index (χ0v) is 12.9. The number of nitrogens with one attached hydrogen (secondary N) is 1. The molecule has 6 heteroatoms. The van der Waals surface area contributed by atoms with Crippen LogP contribution in [0.3, 0.4) is 0 Å². The number of nitrogens with zero attached hydrogens (tertiary/aromatic N) is 2. The van der Waals surface area contributed by atoms with Crippen LogP contribution in [0, 0.1) is 5.41 Å². The largest absolute Gasteiger partial charge is 0.488 e. The van der Waals surface area contributed by atoms with Crippen LogP contribution in [0.5, 0.6) is 5.75 Å². The maximum Gasteiger partial charge on any atom is 0.150 e. The van der Waals surface area contributed by atoms with Crippen molar-refractivity contribution in [1.29, 1.82) is 5.41 Å². The topological polar surface area (TPSA) is 111 Å². The Hall–Kier alpha value is -3.41. The van der Waals surface area contributed by atoms with Crippen molar-refractivity contribution >= 4 is 11.5 Å². The summed E-state index contributed by atoms with van der Waals surface area (Å²) in [4.78, 5) is 0. The third kappa shape index (κ3) is 3.33. The van der Waals surface area contributed by atoms with Gasteiger partial charge in [-0.05, 0) is 23.8 Å². The molecule has 3 aromatic rings. The van der Waals surface area contributed by atoms with Crippen molar-refractivity contribution in [1.82, 2.24) is 10.2 Å². The summed E-state index contributed by atoms with van der Waals surface area (Å²) < 4.78 is 5.92. The van der Waals surface area contributed by atoms with E-state index in [9.17, 15) is 0 Å². The first-order valence-electron chi connectivity index (χ1n) is 7.39. The summed E-state index contributed by atoms with van der Waals surface area (Å²) in [7, 11) is 0. The fourth-order valence-corrected chi connectivity index (χ4v) is 2.29. The molecule has 0 amide bonds. The lowest BCUT2D eigenvalue weighted by atomic mass is 10.1. The SMILES string of the molecule is N=C(N)c1nnc(-c2ccccc2OCc2ccccc2)cc1N. The van der Waals surface area contributed by atoms with Crippen molar-refractivity contribution in [2.45, 2.75) is 6.61 Å². The molecular weight excluding hydrogens is 302 g/mol. The lowest BCUT2D eigenvalue weighted by molar-refractivity contribution is 0.307. The normalized spacial score (nSPS) is 10.3. The van der Waals surface area contributed by atoms with Gasteiger partial charge in [0.2, 0.25) is 0 Å². The average molecular weight is 319 g/mol. The summed E-state index contributed by atoms with van der Waals surface area (Å²) >= 11 is 0. The van der Waals surface area contributed by atoms with E-state index in [1.807, 2.05) is 54.6 Å². The van der Waals surface area contributed by atoms with Crippen LogP contribution in [0.2, 0.25) is 0 Å². The van der Waals surface area contributed by atoms with Gasteiger partial charge in [0.15, 0.2) is 0 Å². The molecule has 0 spiro atoms. The lowest BCUT2D eigenvalue weighted by Gasteiger charge is -2.12. The zero-order chi connectivity index (χ0) is 16.9. The Balaban J connectivity index is 1.89. The minimum absolute atomic E-state index is 0.182. The first-order valence-corrected chi connectivity index (χ1v) is 7.39. The molecule has 0 fully saturated rings. The first-order chi connectivity index (χ1) is 11.6. The van der Waals surface area contributed by atoms with Crippen LogP contribution in [0.25, 0.3) is 11.3 Å². The second kappa shape index (κ2) is 6.78. The summed E-state index contributed by atoms with van der Waals surface area (Å²) in [6.45, 7) is 0.451. The van der Waals surface area contributed by atoms with Crippen LogP contribution in [0.1, 0.15) is 11.3 Å². The molecule has 0 bridgehead atoms. The van der Waals surface area contributed by atoms with Crippen molar-refractivity contribution in [3.8, 4) is 17.0 Å². The fourth-order valence-electron chi connectivity index (χ4n) is 2.29. The van der Waals surface area contributed by atoms with Gasteiger partial charge in [0, 0.05) is 5.56 Å². The van der Waals surface area contributed by atoms with Gasteiger partial charge >= 0.3 is 0 Å². The standard InChI is InChI=1S/C18H17N5O/c19-14-10-15(22-23-17(14)18(20)21)13-8-4-5-9-16(13)24-11-12-6-2-1-3-7-12/h1-10H,11H2,(H2,19,22)(H3,20,21). The molecule has 6 nitrogen and oxygen atoms in total. The molecule has 24 heavy (non-hydrogen) atoms. The van der Waals surface area contributed by atoms with Crippen molar-refractivity contribution in [3.63, 3.8) is 0 Å². The molecule has 0 radical (unpaired) electrons. The Morgan fingerprint density at radius 1 is 1.00 bits per heavy atom. The zero-order valence-electron chi connectivity index (χ0n) is 12.9. The van der Waals surface area contributed by atoms with Crippen molar-refractivity contribution < 1.29 is 4.74 Å². The Morgan fingerprint density at radius 2 is 1.71 bits per heavy atom. The van der Waals surface area contributed by atoms with Gasteiger partial charge in [-0.2, -0.15) is 0 Å². The van der Waals surface area contributed by atoms with Crippen LogP contribution in [-0.4, -0.2) is 16.0 Å².